The number of aliphatic hydroxyl groups excluding tert-OH is 1. The number of aryl methyl sites for hydroxylation is 1. The molecule has 0 fully saturated rings. The summed E-state index contributed by atoms with van der Waals surface area (Å²) in [6, 6.07) is 16.5. The van der Waals surface area contributed by atoms with Crippen LogP contribution >= 0.6 is 11.8 Å². The monoisotopic (exact) mass is 300 g/mol. The fourth-order valence-corrected chi connectivity index (χ4v) is 4.06. The molecule has 0 saturated heterocycles. The van der Waals surface area contributed by atoms with Crippen LogP contribution < -0.4 is 4.74 Å². The molecule has 0 amide bonds. The number of benzene rings is 2. The van der Waals surface area contributed by atoms with Gasteiger partial charge in [0.2, 0.25) is 0 Å². The predicted molar refractivity (Wildman–Crippen MR) is 87.1 cm³/mol. The van der Waals surface area contributed by atoms with Crippen LogP contribution in [0, 0.1) is 0 Å². The Labute approximate surface area is 130 Å². The zero-order chi connectivity index (χ0) is 14.7. The van der Waals surface area contributed by atoms with Crippen LogP contribution in [0.15, 0.2) is 53.4 Å². The van der Waals surface area contributed by atoms with Gasteiger partial charge in [-0.25, -0.2) is 0 Å². The van der Waals surface area contributed by atoms with Crippen LogP contribution in [-0.2, 0) is 12.8 Å². The lowest BCUT2D eigenvalue weighted by Crippen LogP contribution is -2.23. The molecular formula is C18H20O2S. The van der Waals surface area contributed by atoms with Crippen molar-refractivity contribution in [2.45, 2.75) is 35.5 Å². The van der Waals surface area contributed by atoms with E-state index in [0.717, 1.165) is 25.0 Å². The summed E-state index contributed by atoms with van der Waals surface area (Å²) in [5.41, 5.74) is 2.62. The van der Waals surface area contributed by atoms with Crippen LogP contribution in [-0.4, -0.2) is 23.6 Å². The third kappa shape index (κ3) is 3.42. The molecule has 1 N–H and O–H groups in total. The lowest BCUT2D eigenvalue weighted by atomic mass is 10.0. The van der Waals surface area contributed by atoms with E-state index in [0.29, 0.717) is 5.25 Å². The van der Waals surface area contributed by atoms with E-state index in [1.54, 1.807) is 7.11 Å². The number of fused-ring (bicyclic) bond motifs is 1. The summed E-state index contributed by atoms with van der Waals surface area (Å²) in [5.74, 6) is 0.876. The van der Waals surface area contributed by atoms with Crippen molar-refractivity contribution in [2.75, 3.05) is 7.11 Å². The Morgan fingerprint density at radius 3 is 2.67 bits per heavy atom. The number of thioether (sulfide) groups is 1. The predicted octanol–water partition coefficient (Wildman–Crippen LogP) is 3.71. The van der Waals surface area contributed by atoms with E-state index in [2.05, 4.69) is 36.4 Å². The van der Waals surface area contributed by atoms with E-state index in [4.69, 9.17) is 4.74 Å². The summed E-state index contributed by atoms with van der Waals surface area (Å²) < 4.78 is 5.16. The van der Waals surface area contributed by atoms with Crippen molar-refractivity contribution in [3.8, 4) is 5.75 Å². The molecule has 2 nitrogen and oxygen atoms in total. The van der Waals surface area contributed by atoms with Gasteiger partial charge in [0.05, 0.1) is 13.2 Å². The Balaban J connectivity index is 1.54. The van der Waals surface area contributed by atoms with Gasteiger partial charge in [0.25, 0.3) is 0 Å². The van der Waals surface area contributed by atoms with Crippen LogP contribution in [0.1, 0.15) is 17.5 Å². The number of rotatable bonds is 5. The van der Waals surface area contributed by atoms with Gasteiger partial charge in [-0.15, -0.1) is 11.8 Å². The lowest BCUT2D eigenvalue weighted by Gasteiger charge is -2.17. The topological polar surface area (TPSA) is 29.5 Å². The molecule has 0 spiro atoms. The third-order valence-electron chi connectivity index (χ3n) is 3.99. The minimum atomic E-state index is -0.260. The first-order valence-electron chi connectivity index (χ1n) is 7.32. The van der Waals surface area contributed by atoms with Gasteiger partial charge in [0.15, 0.2) is 0 Å². The summed E-state index contributed by atoms with van der Waals surface area (Å²) in [4.78, 5) is 1.32. The summed E-state index contributed by atoms with van der Waals surface area (Å²) >= 11 is 1.82. The lowest BCUT2D eigenvalue weighted by molar-refractivity contribution is 0.162. The van der Waals surface area contributed by atoms with Gasteiger partial charge in [0, 0.05) is 10.1 Å². The molecule has 1 heterocycles. The molecule has 0 bridgehead atoms. The molecule has 110 valence electrons. The quantitative estimate of drug-likeness (QED) is 0.913. The van der Waals surface area contributed by atoms with Crippen molar-refractivity contribution in [2.24, 2.45) is 0 Å². The zero-order valence-corrected chi connectivity index (χ0v) is 13.0. The molecule has 3 rings (SSSR count). The Bertz CT molecular complexity index is 569. The number of hydrogen-bond donors (Lipinski definition) is 1. The van der Waals surface area contributed by atoms with E-state index in [9.17, 15) is 5.11 Å². The molecule has 1 aliphatic heterocycles. The highest BCUT2D eigenvalue weighted by Crippen LogP contribution is 2.39. The van der Waals surface area contributed by atoms with E-state index < -0.39 is 0 Å². The summed E-state index contributed by atoms with van der Waals surface area (Å²) in [7, 11) is 1.67. The van der Waals surface area contributed by atoms with Gasteiger partial charge < -0.3 is 9.84 Å². The molecule has 0 radical (unpaired) electrons. The maximum absolute atomic E-state index is 10.4. The summed E-state index contributed by atoms with van der Waals surface area (Å²) in [5, 5.41) is 10.7. The average Bonchev–Trinajstić information content (AvgIpc) is 2.97. The second-order valence-corrected chi connectivity index (χ2v) is 6.70. The van der Waals surface area contributed by atoms with Crippen LogP contribution in [0.25, 0.3) is 0 Å². The maximum atomic E-state index is 10.4. The summed E-state index contributed by atoms with van der Waals surface area (Å²) in [6.07, 6.45) is 2.42. The Kier molecular flexibility index (Phi) is 4.51. The highest BCUT2D eigenvalue weighted by molar-refractivity contribution is 8.00. The van der Waals surface area contributed by atoms with Gasteiger partial charge in [-0.3, -0.25) is 0 Å². The van der Waals surface area contributed by atoms with Crippen molar-refractivity contribution in [1.29, 1.82) is 0 Å². The summed E-state index contributed by atoms with van der Waals surface area (Å²) in [6.45, 7) is 0. The second-order valence-electron chi connectivity index (χ2n) is 5.42. The van der Waals surface area contributed by atoms with E-state index in [1.807, 2.05) is 23.9 Å². The highest BCUT2D eigenvalue weighted by atomic mass is 32.2. The molecule has 3 heteroatoms. The van der Waals surface area contributed by atoms with Gasteiger partial charge in [0.1, 0.15) is 5.75 Å². The van der Waals surface area contributed by atoms with Crippen molar-refractivity contribution >= 4 is 11.8 Å². The minimum Gasteiger partial charge on any atom is -0.497 e. The normalized spacial score (nSPS) is 18.3. The third-order valence-corrected chi connectivity index (χ3v) is 5.42. The van der Waals surface area contributed by atoms with Crippen molar-refractivity contribution < 1.29 is 9.84 Å². The van der Waals surface area contributed by atoms with E-state index in [-0.39, 0.29) is 6.10 Å². The molecule has 2 aromatic carbocycles. The van der Waals surface area contributed by atoms with E-state index in [1.165, 1.54) is 16.0 Å². The Morgan fingerprint density at radius 2 is 1.95 bits per heavy atom. The first-order chi connectivity index (χ1) is 10.3. The molecule has 2 atom stereocenters. The SMILES string of the molecule is COc1ccc(CCC(O)C2Cc3ccccc3S2)cc1. The van der Waals surface area contributed by atoms with Gasteiger partial charge in [-0.05, 0) is 48.6 Å². The zero-order valence-electron chi connectivity index (χ0n) is 12.2. The fourth-order valence-electron chi connectivity index (χ4n) is 2.72. The van der Waals surface area contributed by atoms with Crippen molar-refractivity contribution in [3.05, 3.63) is 59.7 Å². The molecular weight excluding hydrogens is 280 g/mol. The molecule has 1 aliphatic rings. The number of methoxy groups -OCH3 is 1. The number of hydrogen-bond acceptors (Lipinski definition) is 3. The fraction of sp³-hybridized carbons (Fsp3) is 0.333. The second kappa shape index (κ2) is 6.54. The van der Waals surface area contributed by atoms with Crippen molar-refractivity contribution in [3.63, 3.8) is 0 Å². The molecule has 0 aromatic heterocycles. The van der Waals surface area contributed by atoms with Gasteiger partial charge >= 0.3 is 0 Å². The van der Waals surface area contributed by atoms with Crippen LogP contribution in [0.2, 0.25) is 0 Å². The van der Waals surface area contributed by atoms with Crippen LogP contribution in [0.4, 0.5) is 0 Å². The minimum absolute atomic E-state index is 0.260. The first kappa shape index (κ1) is 14.5. The van der Waals surface area contributed by atoms with Crippen LogP contribution in [0.3, 0.4) is 0 Å². The van der Waals surface area contributed by atoms with Crippen LogP contribution in [0.5, 0.6) is 5.75 Å². The number of aliphatic hydroxyl groups is 1. The van der Waals surface area contributed by atoms with Gasteiger partial charge in [-0.1, -0.05) is 30.3 Å². The molecule has 2 unspecified atom stereocenters. The Hall–Kier alpha value is -1.45. The first-order valence-corrected chi connectivity index (χ1v) is 8.20. The standard InChI is InChI=1S/C18H20O2S/c1-20-15-9-6-13(7-10-15)8-11-16(19)18-12-14-4-2-3-5-17(14)21-18/h2-7,9-10,16,18-19H,8,11-12H2,1H3. The van der Waals surface area contributed by atoms with Gasteiger partial charge in [-0.2, -0.15) is 0 Å². The smallest absolute Gasteiger partial charge is 0.118 e. The van der Waals surface area contributed by atoms with E-state index >= 15 is 0 Å². The highest BCUT2D eigenvalue weighted by Gasteiger charge is 2.27. The molecule has 2 aromatic rings. The molecule has 21 heavy (non-hydrogen) atoms. The average molecular weight is 300 g/mol. The Morgan fingerprint density at radius 1 is 1.19 bits per heavy atom. The maximum Gasteiger partial charge on any atom is 0.118 e. The van der Waals surface area contributed by atoms with Crippen molar-refractivity contribution in [1.82, 2.24) is 0 Å². The largest absolute Gasteiger partial charge is 0.497 e. The molecule has 0 aliphatic carbocycles. The number of ether oxygens (including phenoxy) is 1. The molecule has 0 saturated carbocycles.